The molecule has 2 aliphatic heterocycles. The Kier molecular flexibility index (Phi) is 5.94. The molecule has 176 valence electrons. The summed E-state index contributed by atoms with van der Waals surface area (Å²) in [5.41, 5.74) is 2.15. The van der Waals surface area contributed by atoms with Crippen LogP contribution in [0.5, 0.6) is 0 Å². The fourth-order valence-corrected chi connectivity index (χ4v) is 5.51. The topological polar surface area (TPSA) is 122 Å². The molecule has 3 aromatic rings. The van der Waals surface area contributed by atoms with Crippen LogP contribution in [0.3, 0.4) is 0 Å². The number of carbonyl (C=O) groups excluding carboxylic acids is 2. The molecule has 0 spiro atoms. The van der Waals surface area contributed by atoms with Crippen LogP contribution in [0, 0.1) is 0 Å². The molecule has 1 saturated heterocycles. The molecule has 0 atom stereocenters. The van der Waals surface area contributed by atoms with E-state index >= 15 is 0 Å². The molecule has 35 heavy (non-hydrogen) atoms. The number of carbonyl (C=O) groups is 2. The molecule has 0 aliphatic carbocycles. The number of hydrogen-bond donors (Lipinski definition) is 2. The summed E-state index contributed by atoms with van der Waals surface area (Å²) in [6, 6.07) is 17.1. The van der Waals surface area contributed by atoms with E-state index in [-0.39, 0.29) is 20.5 Å². The highest BCUT2D eigenvalue weighted by Gasteiger charge is 2.41. The fourth-order valence-electron chi connectivity index (χ4n) is 3.60. The van der Waals surface area contributed by atoms with Crippen LogP contribution in [0.2, 0.25) is 10.0 Å². The van der Waals surface area contributed by atoms with Gasteiger partial charge in [-0.2, -0.15) is 0 Å². The average molecular weight is 545 g/mol. The van der Waals surface area contributed by atoms with Gasteiger partial charge < -0.3 is 5.32 Å². The van der Waals surface area contributed by atoms with Crippen LogP contribution in [-0.4, -0.2) is 25.4 Å². The summed E-state index contributed by atoms with van der Waals surface area (Å²) >= 11 is 13.2. The van der Waals surface area contributed by atoms with E-state index in [0.29, 0.717) is 32.7 Å². The van der Waals surface area contributed by atoms with Crippen molar-refractivity contribution in [3.05, 3.63) is 87.2 Å². The Bertz CT molecular complexity index is 1570. The Hall–Kier alpha value is -3.15. The minimum atomic E-state index is -3.86. The molecule has 0 aromatic heterocycles. The molecule has 3 aromatic carbocycles. The quantitative estimate of drug-likeness (QED) is 0.459. The van der Waals surface area contributed by atoms with Gasteiger partial charge in [0.25, 0.3) is 11.8 Å². The van der Waals surface area contributed by atoms with Crippen molar-refractivity contribution in [2.45, 2.75) is 4.90 Å². The highest BCUT2D eigenvalue weighted by atomic mass is 35.5. The van der Waals surface area contributed by atoms with Gasteiger partial charge in [-0.15, -0.1) is 0 Å². The number of nitrogens with two attached hydrogens (primary N) is 1. The number of primary sulfonamides is 1. The maximum atomic E-state index is 13.6. The first kappa shape index (κ1) is 23.6. The summed E-state index contributed by atoms with van der Waals surface area (Å²) in [5.74, 6) is -0.872. The molecule has 2 heterocycles. The summed E-state index contributed by atoms with van der Waals surface area (Å²) in [4.78, 5) is 32.5. The Morgan fingerprint density at radius 2 is 1.57 bits per heavy atom. The Morgan fingerprint density at radius 3 is 2.23 bits per heavy atom. The lowest BCUT2D eigenvalue weighted by Crippen LogP contribution is -2.29. The number of nitrogens with zero attached hydrogens (tertiary/aromatic N) is 2. The van der Waals surface area contributed by atoms with E-state index in [1.165, 1.54) is 29.2 Å². The third-order valence-corrected chi connectivity index (χ3v) is 7.67. The highest BCUT2D eigenvalue weighted by Crippen LogP contribution is 2.44. The van der Waals surface area contributed by atoms with Crippen molar-refractivity contribution in [1.82, 2.24) is 0 Å². The molecule has 0 saturated carbocycles. The normalized spacial score (nSPS) is 18.8. The van der Waals surface area contributed by atoms with Crippen molar-refractivity contribution in [3.8, 4) is 0 Å². The number of aliphatic imine (C=N–C) groups is 1. The highest BCUT2D eigenvalue weighted by molar-refractivity contribution is 8.19. The number of rotatable bonds is 3. The van der Waals surface area contributed by atoms with E-state index < -0.39 is 21.8 Å². The van der Waals surface area contributed by atoms with Crippen LogP contribution in [0.1, 0.15) is 5.56 Å². The largest absolute Gasteiger partial charge is 0.321 e. The summed E-state index contributed by atoms with van der Waals surface area (Å²) in [6.07, 6.45) is 0. The van der Waals surface area contributed by atoms with Crippen molar-refractivity contribution < 1.29 is 18.0 Å². The maximum Gasteiger partial charge on any atom is 0.272 e. The fraction of sp³-hybridized carbons (Fsp3) is 0. The van der Waals surface area contributed by atoms with E-state index in [1.807, 2.05) is 0 Å². The van der Waals surface area contributed by atoms with Crippen molar-refractivity contribution in [1.29, 1.82) is 0 Å². The number of hydrogen-bond acceptors (Lipinski definition) is 6. The van der Waals surface area contributed by atoms with Crippen molar-refractivity contribution in [3.63, 3.8) is 0 Å². The number of halogens is 2. The predicted octanol–water partition coefficient (Wildman–Crippen LogP) is 4.77. The van der Waals surface area contributed by atoms with Gasteiger partial charge in [-0.05, 0) is 78.5 Å². The number of anilines is 2. The minimum absolute atomic E-state index is 0.0647. The molecule has 0 unspecified atom stereocenters. The van der Waals surface area contributed by atoms with Crippen LogP contribution in [0.15, 0.2) is 81.5 Å². The van der Waals surface area contributed by atoms with E-state index in [4.69, 9.17) is 28.3 Å². The first-order valence-corrected chi connectivity index (χ1v) is 13.1. The summed E-state index contributed by atoms with van der Waals surface area (Å²) in [7, 11) is -3.86. The second-order valence-corrected chi connectivity index (χ2v) is 10.9. The van der Waals surface area contributed by atoms with Gasteiger partial charge in [-0.3, -0.25) is 14.5 Å². The first-order valence-electron chi connectivity index (χ1n) is 9.97. The summed E-state index contributed by atoms with van der Waals surface area (Å²) in [6.45, 7) is 0. The molecule has 5 rings (SSSR count). The number of amides is 2. The average Bonchev–Trinajstić information content (AvgIpc) is 3.29. The van der Waals surface area contributed by atoms with E-state index in [0.717, 1.165) is 11.8 Å². The number of benzene rings is 3. The smallest absolute Gasteiger partial charge is 0.272 e. The predicted molar refractivity (Wildman–Crippen MR) is 138 cm³/mol. The molecule has 8 nitrogen and oxygen atoms in total. The summed E-state index contributed by atoms with van der Waals surface area (Å²) in [5, 5.41) is 9.10. The molecule has 0 bridgehead atoms. The number of thioether (sulfide) groups is 1. The van der Waals surface area contributed by atoms with E-state index in [2.05, 4.69) is 10.3 Å². The first-order chi connectivity index (χ1) is 16.6. The molecule has 1 fully saturated rings. The second kappa shape index (κ2) is 8.81. The SMILES string of the molecule is NS(=O)(=O)c1ccc(/N=C2\S/C(=C3\C(=O)Nc4ccc(Cl)cc43)C(=O)N2c2ccc(Cl)cc2)cc1. The molecule has 2 amide bonds. The van der Waals surface area contributed by atoms with Gasteiger partial charge in [-0.25, -0.2) is 18.5 Å². The molecular formula is C23H14Cl2N4O4S2. The van der Waals surface area contributed by atoms with Gasteiger partial charge in [0.2, 0.25) is 10.0 Å². The molecule has 12 heteroatoms. The minimum Gasteiger partial charge on any atom is -0.321 e. The van der Waals surface area contributed by atoms with Gasteiger partial charge in [0.1, 0.15) is 0 Å². The molecular weight excluding hydrogens is 531 g/mol. The zero-order chi connectivity index (χ0) is 24.9. The number of fused-ring (bicyclic) bond motifs is 1. The van der Waals surface area contributed by atoms with Crippen molar-refractivity contribution >= 4 is 84.6 Å². The monoisotopic (exact) mass is 544 g/mol. The lowest BCUT2D eigenvalue weighted by atomic mass is 10.1. The Balaban J connectivity index is 1.65. The lowest BCUT2D eigenvalue weighted by molar-refractivity contribution is -0.114. The zero-order valence-corrected chi connectivity index (χ0v) is 20.7. The van der Waals surface area contributed by atoms with Crippen LogP contribution in [-0.2, 0) is 19.6 Å². The summed E-state index contributed by atoms with van der Waals surface area (Å²) < 4.78 is 23.1. The van der Waals surface area contributed by atoms with E-state index in [1.54, 1.807) is 42.5 Å². The van der Waals surface area contributed by atoms with Crippen LogP contribution in [0.4, 0.5) is 17.1 Å². The number of nitrogens with one attached hydrogen (secondary N) is 1. The number of sulfonamides is 1. The molecule has 0 radical (unpaired) electrons. The second-order valence-electron chi connectivity index (χ2n) is 7.50. The standard InChI is InChI=1S/C23H14Cl2N4O4S2/c24-12-1-6-15(7-2-12)29-22(31)20(19-17-11-13(25)3-10-18(17)28-21(19)30)34-23(29)27-14-4-8-16(9-5-14)35(26,32)33/h1-11H,(H,28,30)(H2,26,32,33)/b20-19-,27-23-. The maximum absolute atomic E-state index is 13.6. The zero-order valence-electron chi connectivity index (χ0n) is 17.5. The third kappa shape index (κ3) is 4.46. The molecule has 2 aliphatic rings. The van der Waals surface area contributed by atoms with Gasteiger partial charge in [0, 0.05) is 21.3 Å². The van der Waals surface area contributed by atoms with Crippen molar-refractivity contribution in [2.24, 2.45) is 10.1 Å². The van der Waals surface area contributed by atoms with Gasteiger partial charge in [-0.1, -0.05) is 23.2 Å². The van der Waals surface area contributed by atoms with Gasteiger partial charge in [0.05, 0.1) is 26.7 Å². The van der Waals surface area contributed by atoms with Gasteiger partial charge in [0.15, 0.2) is 5.17 Å². The third-order valence-electron chi connectivity index (χ3n) is 5.21. The Morgan fingerprint density at radius 1 is 0.914 bits per heavy atom. The molecule has 3 N–H and O–H groups in total. The number of amidine groups is 1. The van der Waals surface area contributed by atoms with Crippen LogP contribution < -0.4 is 15.4 Å². The van der Waals surface area contributed by atoms with Crippen LogP contribution in [0.25, 0.3) is 5.57 Å². The van der Waals surface area contributed by atoms with E-state index in [9.17, 15) is 18.0 Å². The van der Waals surface area contributed by atoms with Gasteiger partial charge >= 0.3 is 0 Å². The van der Waals surface area contributed by atoms with Crippen molar-refractivity contribution in [2.75, 3.05) is 10.2 Å². The van der Waals surface area contributed by atoms with Crippen LogP contribution >= 0.6 is 35.0 Å². The lowest BCUT2D eigenvalue weighted by Gasteiger charge is -2.15. The Labute approximate surface area is 214 Å².